The van der Waals surface area contributed by atoms with Gasteiger partial charge in [-0.2, -0.15) is 0 Å². The van der Waals surface area contributed by atoms with E-state index in [1.165, 1.54) is 0 Å². The van der Waals surface area contributed by atoms with E-state index in [0.29, 0.717) is 60.9 Å². The van der Waals surface area contributed by atoms with E-state index in [2.05, 4.69) is 4.90 Å². The van der Waals surface area contributed by atoms with Gasteiger partial charge in [0.15, 0.2) is 0 Å². The Labute approximate surface area is 193 Å². The molecule has 0 spiro atoms. The maximum Gasteiger partial charge on any atom is 0.410 e. The average molecular weight is 451 g/mol. The van der Waals surface area contributed by atoms with Crippen LogP contribution in [-0.4, -0.2) is 64.3 Å². The molecule has 8 nitrogen and oxygen atoms in total. The van der Waals surface area contributed by atoms with Crippen molar-refractivity contribution < 1.29 is 14.3 Å². The van der Waals surface area contributed by atoms with Crippen LogP contribution in [0.4, 0.5) is 4.79 Å². The van der Waals surface area contributed by atoms with Crippen molar-refractivity contribution in [2.24, 2.45) is 0 Å². The fraction of sp³-hybridized carbons (Fsp3) is 0.400. The molecule has 0 radical (unpaired) electrons. The summed E-state index contributed by atoms with van der Waals surface area (Å²) < 4.78 is 12.5. The molecule has 0 N–H and O–H groups in total. The first-order valence-corrected chi connectivity index (χ1v) is 11.1. The van der Waals surface area contributed by atoms with E-state index >= 15 is 0 Å². The molecular formula is C25H30N4O4. The van der Waals surface area contributed by atoms with Gasteiger partial charge in [0.25, 0.3) is 5.56 Å². The van der Waals surface area contributed by atoms with Gasteiger partial charge >= 0.3 is 6.09 Å². The second-order valence-electron chi connectivity index (χ2n) is 9.13. The number of piperazine rings is 1. The predicted octanol–water partition coefficient (Wildman–Crippen LogP) is 3.45. The molecule has 1 amide bonds. The standard InChI is InChI=1S/C25H30N4O4/c1-25(2,3)33-24(31)28-14-12-27(13-15-28)17-22-26-21-11-6-5-10-20(21)23(30)29(22)18-8-7-9-19(16-18)32-4/h5-11,16H,12-15,17H2,1-4H3. The third-order valence-corrected chi connectivity index (χ3v) is 5.55. The van der Waals surface area contributed by atoms with Crippen molar-refractivity contribution in [1.82, 2.24) is 19.4 Å². The lowest BCUT2D eigenvalue weighted by molar-refractivity contribution is 0.0136. The minimum absolute atomic E-state index is 0.115. The number of hydrogen-bond acceptors (Lipinski definition) is 6. The molecule has 0 unspecified atom stereocenters. The Balaban J connectivity index is 1.61. The lowest BCUT2D eigenvalue weighted by Crippen LogP contribution is -2.50. The number of carbonyl (C=O) groups excluding carboxylic acids is 1. The van der Waals surface area contributed by atoms with Crippen molar-refractivity contribution in [2.75, 3.05) is 33.3 Å². The van der Waals surface area contributed by atoms with Crippen LogP contribution in [-0.2, 0) is 11.3 Å². The fourth-order valence-corrected chi connectivity index (χ4v) is 3.92. The van der Waals surface area contributed by atoms with Crippen LogP contribution in [0.1, 0.15) is 26.6 Å². The molecule has 2 aromatic carbocycles. The largest absolute Gasteiger partial charge is 0.497 e. The maximum absolute atomic E-state index is 13.5. The SMILES string of the molecule is COc1cccc(-n2c(CN3CCN(C(=O)OC(C)(C)C)CC3)nc3ccccc3c2=O)c1. The first-order valence-electron chi connectivity index (χ1n) is 11.1. The van der Waals surface area contributed by atoms with Crippen molar-refractivity contribution >= 4 is 17.0 Å². The lowest BCUT2D eigenvalue weighted by Gasteiger charge is -2.35. The second-order valence-corrected chi connectivity index (χ2v) is 9.13. The highest BCUT2D eigenvalue weighted by molar-refractivity contribution is 5.77. The van der Waals surface area contributed by atoms with E-state index in [0.717, 1.165) is 0 Å². The third-order valence-electron chi connectivity index (χ3n) is 5.55. The van der Waals surface area contributed by atoms with E-state index in [1.54, 1.807) is 22.6 Å². The van der Waals surface area contributed by atoms with Gasteiger partial charge in [0.05, 0.1) is 30.2 Å². The van der Waals surface area contributed by atoms with Crippen LogP contribution in [0.2, 0.25) is 0 Å². The monoisotopic (exact) mass is 450 g/mol. The van der Waals surface area contributed by atoms with Crippen LogP contribution in [0, 0.1) is 0 Å². The highest BCUT2D eigenvalue weighted by Crippen LogP contribution is 2.20. The lowest BCUT2D eigenvalue weighted by atomic mass is 10.2. The van der Waals surface area contributed by atoms with Crippen molar-refractivity contribution in [1.29, 1.82) is 0 Å². The first kappa shape index (κ1) is 22.8. The van der Waals surface area contributed by atoms with E-state index < -0.39 is 5.60 Å². The Morgan fingerprint density at radius 1 is 1.03 bits per heavy atom. The number of carbonyl (C=O) groups is 1. The summed E-state index contributed by atoms with van der Waals surface area (Å²) in [6.07, 6.45) is -0.292. The van der Waals surface area contributed by atoms with Gasteiger partial charge in [-0.1, -0.05) is 18.2 Å². The molecule has 0 bridgehead atoms. The maximum atomic E-state index is 13.5. The zero-order valence-corrected chi connectivity index (χ0v) is 19.6. The number of para-hydroxylation sites is 1. The summed E-state index contributed by atoms with van der Waals surface area (Å²) in [5.41, 5.74) is 0.746. The van der Waals surface area contributed by atoms with Gasteiger partial charge in [0.2, 0.25) is 0 Å². The van der Waals surface area contributed by atoms with Gasteiger partial charge in [-0.05, 0) is 45.0 Å². The normalized spacial score (nSPS) is 15.0. The molecular weight excluding hydrogens is 420 g/mol. The van der Waals surface area contributed by atoms with Gasteiger partial charge < -0.3 is 14.4 Å². The number of rotatable bonds is 4. The molecule has 1 aliphatic heterocycles. The molecule has 1 saturated heterocycles. The number of ether oxygens (including phenoxy) is 2. The molecule has 3 aromatic rings. The van der Waals surface area contributed by atoms with Crippen LogP contribution < -0.4 is 10.3 Å². The Hall–Kier alpha value is -3.39. The minimum atomic E-state index is -0.518. The van der Waals surface area contributed by atoms with Crippen LogP contribution >= 0.6 is 0 Å². The van der Waals surface area contributed by atoms with Gasteiger partial charge in [0.1, 0.15) is 17.2 Å². The van der Waals surface area contributed by atoms with E-state index in [9.17, 15) is 9.59 Å². The molecule has 0 saturated carbocycles. The summed E-state index contributed by atoms with van der Waals surface area (Å²) >= 11 is 0. The zero-order valence-electron chi connectivity index (χ0n) is 19.6. The predicted molar refractivity (Wildman–Crippen MR) is 127 cm³/mol. The Morgan fingerprint density at radius 2 is 1.76 bits per heavy atom. The molecule has 2 heterocycles. The molecule has 0 atom stereocenters. The fourth-order valence-electron chi connectivity index (χ4n) is 3.92. The highest BCUT2D eigenvalue weighted by atomic mass is 16.6. The smallest absolute Gasteiger partial charge is 0.410 e. The van der Waals surface area contributed by atoms with Crippen LogP contribution in [0.15, 0.2) is 53.3 Å². The average Bonchev–Trinajstić information content (AvgIpc) is 2.78. The molecule has 0 aliphatic carbocycles. The second kappa shape index (κ2) is 9.23. The number of methoxy groups -OCH3 is 1. The van der Waals surface area contributed by atoms with Crippen molar-refractivity contribution in [3.05, 3.63) is 64.7 Å². The third kappa shape index (κ3) is 5.17. The zero-order chi connectivity index (χ0) is 23.6. The number of nitrogens with zero attached hydrogens (tertiary/aromatic N) is 4. The minimum Gasteiger partial charge on any atom is -0.497 e. The number of amides is 1. The molecule has 1 aliphatic rings. The van der Waals surface area contributed by atoms with Crippen molar-refractivity contribution in [2.45, 2.75) is 32.9 Å². The Morgan fingerprint density at radius 3 is 2.45 bits per heavy atom. The topological polar surface area (TPSA) is 76.9 Å². The number of hydrogen-bond donors (Lipinski definition) is 0. The van der Waals surface area contributed by atoms with Gasteiger partial charge in [-0.15, -0.1) is 0 Å². The molecule has 33 heavy (non-hydrogen) atoms. The van der Waals surface area contributed by atoms with Gasteiger partial charge in [-0.3, -0.25) is 14.3 Å². The van der Waals surface area contributed by atoms with Crippen LogP contribution in [0.25, 0.3) is 16.6 Å². The molecule has 174 valence electrons. The molecule has 1 aromatic heterocycles. The van der Waals surface area contributed by atoms with Crippen LogP contribution in [0.3, 0.4) is 0 Å². The van der Waals surface area contributed by atoms with Gasteiger partial charge in [0, 0.05) is 32.2 Å². The Kier molecular flexibility index (Phi) is 6.37. The van der Waals surface area contributed by atoms with E-state index in [4.69, 9.17) is 14.5 Å². The van der Waals surface area contributed by atoms with Gasteiger partial charge in [-0.25, -0.2) is 9.78 Å². The van der Waals surface area contributed by atoms with Crippen molar-refractivity contribution in [3.63, 3.8) is 0 Å². The summed E-state index contributed by atoms with van der Waals surface area (Å²) in [4.78, 5) is 34.6. The quantitative estimate of drug-likeness (QED) is 0.606. The molecule has 1 fully saturated rings. The number of benzene rings is 2. The van der Waals surface area contributed by atoms with E-state index in [-0.39, 0.29) is 11.7 Å². The Bertz CT molecular complexity index is 1210. The summed E-state index contributed by atoms with van der Waals surface area (Å²) in [6.45, 7) is 8.54. The summed E-state index contributed by atoms with van der Waals surface area (Å²) in [7, 11) is 1.60. The number of aromatic nitrogens is 2. The van der Waals surface area contributed by atoms with Crippen LogP contribution in [0.5, 0.6) is 5.75 Å². The summed E-state index contributed by atoms with van der Waals surface area (Å²) in [5.74, 6) is 1.32. The highest BCUT2D eigenvalue weighted by Gasteiger charge is 2.26. The first-order chi connectivity index (χ1) is 15.7. The molecule has 4 rings (SSSR count). The van der Waals surface area contributed by atoms with Crippen molar-refractivity contribution in [3.8, 4) is 11.4 Å². The molecule has 8 heteroatoms. The summed E-state index contributed by atoms with van der Waals surface area (Å²) in [5, 5.41) is 0.568. The van der Waals surface area contributed by atoms with E-state index in [1.807, 2.05) is 63.2 Å². The number of fused-ring (bicyclic) bond motifs is 1. The summed E-state index contributed by atoms with van der Waals surface area (Å²) in [6, 6.07) is 14.8.